The fourth-order valence-corrected chi connectivity index (χ4v) is 4.01. The van der Waals surface area contributed by atoms with E-state index in [-0.39, 0.29) is 30.5 Å². The molecule has 4 atom stereocenters. The van der Waals surface area contributed by atoms with Crippen LogP contribution in [0, 0.1) is 11.8 Å². The van der Waals surface area contributed by atoms with Crippen LogP contribution in [0.15, 0.2) is 48.6 Å². The number of ketones is 1. The second kappa shape index (κ2) is 14.0. The van der Waals surface area contributed by atoms with Crippen LogP contribution in [0.3, 0.4) is 0 Å². The summed E-state index contributed by atoms with van der Waals surface area (Å²) in [5.74, 6) is -1.43. The van der Waals surface area contributed by atoms with E-state index in [0.717, 1.165) is 24.2 Å². The second-order valence-corrected chi connectivity index (χ2v) is 8.44. The number of hydrogen-bond acceptors (Lipinski definition) is 5. The molecule has 1 saturated carbocycles. The summed E-state index contributed by atoms with van der Waals surface area (Å²) in [5.41, 5.74) is 2.07. The highest BCUT2D eigenvalue weighted by Crippen LogP contribution is 2.33. The molecule has 1 unspecified atom stereocenters. The first-order valence-electron chi connectivity index (χ1n) is 11.5. The third kappa shape index (κ3) is 9.07. The molecule has 0 heterocycles. The van der Waals surface area contributed by atoms with E-state index in [0.29, 0.717) is 32.3 Å². The lowest BCUT2D eigenvalue weighted by Crippen LogP contribution is -2.19. The molecule has 0 aliphatic heterocycles. The maximum absolute atomic E-state index is 12.3. The summed E-state index contributed by atoms with van der Waals surface area (Å²) in [6.07, 6.45) is 9.19. The number of aliphatic carboxylic acids is 1. The van der Waals surface area contributed by atoms with Crippen molar-refractivity contribution in [3.63, 3.8) is 0 Å². The molecular formula is C26H36O6. The number of carbonyl (C=O) groups is 2. The summed E-state index contributed by atoms with van der Waals surface area (Å²) >= 11 is 0. The Hall–Kier alpha value is -2.28. The number of aliphatic hydroxyl groups excluding tert-OH is 2. The molecule has 176 valence electrons. The lowest BCUT2D eigenvalue weighted by atomic mass is 9.90. The molecule has 1 aromatic rings. The molecule has 2 rings (SSSR count). The van der Waals surface area contributed by atoms with Gasteiger partial charge in [-0.3, -0.25) is 9.59 Å². The molecule has 0 saturated heterocycles. The van der Waals surface area contributed by atoms with Crippen molar-refractivity contribution < 1.29 is 29.6 Å². The minimum atomic E-state index is -0.812. The SMILES string of the molecule is CCCOCc1cccc(CC(O)C=C[C@H]2[C@H](O)CC(=O)[C@@H]2CC=CCCCC(=O)O)c1. The summed E-state index contributed by atoms with van der Waals surface area (Å²) in [6.45, 7) is 3.34. The van der Waals surface area contributed by atoms with Gasteiger partial charge in [0.2, 0.25) is 0 Å². The molecule has 0 aromatic heterocycles. The molecule has 6 heteroatoms. The Kier molecular flexibility index (Phi) is 11.4. The summed E-state index contributed by atoms with van der Waals surface area (Å²) in [5, 5.41) is 29.5. The first-order valence-corrected chi connectivity index (χ1v) is 11.5. The van der Waals surface area contributed by atoms with Gasteiger partial charge >= 0.3 is 5.97 Å². The Bertz CT molecular complexity index is 784. The Morgan fingerprint density at radius 2 is 2.06 bits per heavy atom. The maximum Gasteiger partial charge on any atom is 0.303 e. The van der Waals surface area contributed by atoms with E-state index in [2.05, 4.69) is 6.92 Å². The minimum absolute atomic E-state index is 0.0246. The number of allylic oxidation sites excluding steroid dienone is 2. The number of benzene rings is 1. The van der Waals surface area contributed by atoms with Crippen molar-refractivity contribution in [2.24, 2.45) is 11.8 Å². The highest BCUT2D eigenvalue weighted by Gasteiger charge is 2.39. The lowest BCUT2D eigenvalue weighted by Gasteiger charge is -2.17. The summed E-state index contributed by atoms with van der Waals surface area (Å²) in [7, 11) is 0. The molecule has 0 spiro atoms. The molecule has 32 heavy (non-hydrogen) atoms. The molecular weight excluding hydrogens is 408 g/mol. The number of hydrogen-bond donors (Lipinski definition) is 3. The van der Waals surface area contributed by atoms with Crippen molar-refractivity contribution in [1.82, 2.24) is 0 Å². The zero-order valence-electron chi connectivity index (χ0n) is 18.9. The molecule has 1 aromatic carbocycles. The van der Waals surface area contributed by atoms with Gasteiger partial charge in [0.15, 0.2) is 0 Å². The molecule has 0 radical (unpaired) electrons. The molecule has 3 N–H and O–H groups in total. The highest BCUT2D eigenvalue weighted by atomic mass is 16.5. The van der Waals surface area contributed by atoms with E-state index in [4.69, 9.17) is 9.84 Å². The van der Waals surface area contributed by atoms with Gasteiger partial charge in [-0.05, 0) is 36.8 Å². The Balaban J connectivity index is 1.88. The zero-order valence-corrected chi connectivity index (χ0v) is 18.9. The van der Waals surface area contributed by atoms with Gasteiger partial charge in [-0.2, -0.15) is 0 Å². The van der Waals surface area contributed by atoms with Crippen LogP contribution in [-0.2, 0) is 27.4 Å². The Morgan fingerprint density at radius 1 is 1.28 bits per heavy atom. The topological polar surface area (TPSA) is 104 Å². The number of ether oxygens (including phenoxy) is 1. The third-order valence-corrected chi connectivity index (χ3v) is 5.66. The first kappa shape index (κ1) is 26.0. The Morgan fingerprint density at radius 3 is 2.81 bits per heavy atom. The third-order valence-electron chi connectivity index (χ3n) is 5.66. The van der Waals surface area contributed by atoms with E-state index in [1.807, 2.05) is 36.4 Å². The number of carbonyl (C=O) groups excluding carboxylic acids is 1. The van der Waals surface area contributed by atoms with Gasteiger partial charge < -0.3 is 20.1 Å². The number of unbranched alkanes of at least 4 members (excludes halogenated alkanes) is 1. The van der Waals surface area contributed by atoms with Crippen molar-refractivity contribution in [1.29, 1.82) is 0 Å². The molecule has 1 fully saturated rings. The van der Waals surface area contributed by atoms with Crippen molar-refractivity contribution >= 4 is 11.8 Å². The van der Waals surface area contributed by atoms with Crippen LogP contribution in [0.4, 0.5) is 0 Å². The monoisotopic (exact) mass is 444 g/mol. The standard InChI is InChI=1S/C26H36O6/c1-2-14-32-18-20-9-7-8-19(15-20)16-21(27)12-13-23-22(24(28)17-25(23)29)10-5-3-4-6-11-26(30)31/h3,5,7-9,12-13,15,21-23,25,27,29H,2,4,6,10-11,14,16-18H2,1H3,(H,30,31)/t21?,22-,23-,25-/m1/s1. The normalized spacial score (nSPS) is 22.2. The highest BCUT2D eigenvalue weighted by molar-refractivity contribution is 5.84. The van der Waals surface area contributed by atoms with Gasteiger partial charge in [0, 0.05) is 37.7 Å². The average molecular weight is 445 g/mol. The van der Waals surface area contributed by atoms with Crippen LogP contribution in [0.1, 0.15) is 56.6 Å². The summed E-state index contributed by atoms with van der Waals surface area (Å²) < 4.78 is 5.57. The number of carboxylic acids is 1. The summed E-state index contributed by atoms with van der Waals surface area (Å²) in [4.78, 5) is 22.9. The summed E-state index contributed by atoms with van der Waals surface area (Å²) in [6, 6.07) is 7.95. The van der Waals surface area contributed by atoms with Gasteiger partial charge in [0.05, 0.1) is 18.8 Å². The second-order valence-electron chi connectivity index (χ2n) is 8.44. The van der Waals surface area contributed by atoms with E-state index in [1.54, 1.807) is 12.2 Å². The maximum atomic E-state index is 12.3. The zero-order chi connectivity index (χ0) is 23.3. The van der Waals surface area contributed by atoms with Crippen molar-refractivity contribution in [2.45, 2.75) is 70.7 Å². The smallest absolute Gasteiger partial charge is 0.303 e. The first-order chi connectivity index (χ1) is 15.4. The van der Waals surface area contributed by atoms with Gasteiger partial charge in [-0.1, -0.05) is 55.5 Å². The quantitative estimate of drug-likeness (QED) is 0.298. The van der Waals surface area contributed by atoms with Gasteiger partial charge in [-0.15, -0.1) is 0 Å². The van der Waals surface area contributed by atoms with E-state index >= 15 is 0 Å². The van der Waals surface area contributed by atoms with E-state index in [9.17, 15) is 19.8 Å². The molecule has 1 aliphatic carbocycles. The van der Waals surface area contributed by atoms with Crippen LogP contribution >= 0.6 is 0 Å². The van der Waals surface area contributed by atoms with Gasteiger partial charge in [0.1, 0.15) is 5.78 Å². The number of aliphatic hydroxyl groups is 2. The van der Waals surface area contributed by atoms with Gasteiger partial charge in [0.25, 0.3) is 0 Å². The predicted octanol–water partition coefficient (Wildman–Crippen LogP) is 3.84. The van der Waals surface area contributed by atoms with Crippen LogP contribution < -0.4 is 0 Å². The molecule has 6 nitrogen and oxygen atoms in total. The predicted molar refractivity (Wildman–Crippen MR) is 123 cm³/mol. The van der Waals surface area contributed by atoms with Gasteiger partial charge in [-0.25, -0.2) is 0 Å². The number of Topliss-reactive ketones (excluding diaryl/α,β-unsaturated/α-hetero) is 1. The van der Waals surface area contributed by atoms with Crippen LogP contribution in [0.2, 0.25) is 0 Å². The van der Waals surface area contributed by atoms with Crippen molar-refractivity contribution in [2.75, 3.05) is 6.61 Å². The molecule has 1 aliphatic rings. The van der Waals surface area contributed by atoms with Crippen LogP contribution in [-0.4, -0.2) is 45.9 Å². The van der Waals surface area contributed by atoms with E-state index in [1.165, 1.54) is 0 Å². The van der Waals surface area contributed by atoms with Crippen molar-refractivity contribution in [3.8, 4) is 0 Å². The number of rotatable bonds is 14. The van der Waals surface area contributed by atoms with Crippen LogP contribution in [0.5, 0.6) is 0 Å². The minimum Gasteiger partial charge on any atom is -0.481 e. The van der Waals surface area contributed by atoms with Crippen molar-refractivity contribution in [3.05, 3.63) is 59.7 Å². The Labute approximate surface area is 190 Å². The fraction of sp³-hybridized carbons (Fsp3) is 0.538. The molecule has 0 amide bonds. The fourth-order valence-electron chi connectivity index (χ4n) is 4.01. The molecule has 0 bridgehead atoms. The average Bonchev–Trinajstić information content (AvgIpc) is 3.01. The number of carboxylic acid groups (broad SMARTS) is 1. The van der Waals surface area contributed by atoms with E-state index < -0.39 is 18.2 Å². The largest absolute Gasteiger partial charge is 0.481 e. The van der Waals surface area contributed by atoms with Crippen LogP contribution in [0.25, 0.3) is 0 Å². The lowest BCUT2D eigenvalue weighted by molar-refractivity contribution is -0.137.